The highest BCUT2D eigenvalue weighted by molar-refractivity contribution is 7.10. The molecule has 0 spiro atoms. The number of amides is 1. The van der Waals surface area contributed by atoms with Gasteiger partial charge in [-0.15, -0.1) is 11.3 Å². The summed E-state index contributed by atoms with van der Waals surface area (Å²) in [6, 6.07) is 17.8. The van der Waals surface area contributed by atoms with E-state index in [1.807, 2.05) is 41.3 Å². The van der Waals surface area contributed by atoms with Crippen molar-refractivity contribution < 1.29 is 14.3 Å². The first-order valence-electron chi connectivity index (χ1n) is 9.13. The van der Waals surface area contributed by atoms with Gasteiger partial charge in [-0.1, -0.05) is 30.3 Å². The molecule has 0 N–H and O–H groups in total. The Labute approximate surface area is 162 Å². The average molecular weight is 377 g/mol. The molecule has 2 aromatic carbocycles. The van der Waals surface area contributed by atoms with Crippen molar-refractivity contribution in [1.29, 1.82) is 0 Å². The minimum atomic E-state index is -0.0538. The minimum absolute atomic E-state index is 0.0256. The molecule has 1 atom stereocenters. The molecule has 0 saturated heterocycles. The molecule has 0 fully saturated rings. The highest BCUT2D eigenvalue weighted by atomic mass is 32.1. The summed E-state index contributed by atoms with van der Waals surface area (Å²) >= 11 is 1.78. The Morgan fingerprint density at radius 3 is 2.67 bits per heavy atom. The van der Waals surface area contributed by atoms with Gasteiger partial charge >= 0.3 is 0 Å². The second-order valence-corrected chi connectivity index (χ2v) is 7.72. The maximum Gasteiger partial charge on any atom is 0.254 e. The number of hydrogen-bond donors (Lipinski definition) is 0. The van der Waals surface area contributed by atoms with Gasteiger partial charge in [-0.25, -0.2) is 0 Å². The molecule has 2 aliphatic heterocycles. The van der Waals surface area contributed by atoms with E-state index in [9.17, 15) is 4.79 Å². The van der Waals surface area contributed by atoms with Crippen LogP contribution in [-0.2, 0) is 6.42 Å². The van der Waals surface area contributed by atoms with E-state index in [0.29, 0.717) is 36.8 Å². The highest BCUT2D eigenvalue weighted by Gasteiger charge is 2.33. The van der Waals surface area contributed by atoms with E-state index in [4.69, 9.17) is 9.47 Å². The third-order valence-electron chi connectivity index (χ3n) is 5.13. The number of carbonyl (C=O) groups is 1. The van der Waals surface area contributed by atoms with Gasteiger partial charge in [0, 0.05) is 17.0 Å². The number of nitrogens with zero attached hydrogens (tertiary/aromatic N) is 1. The molecule has 3 aromatic rings. The molecule has 4 nitrogen and oxygen atoms in total. The van der Waals surface area contributed by atoms with Crippen molar-refractivity contribution >= 4 is 17.2 Å². The fourth-order valence-corrected chi connectivity index (χ4v) is 4.78. The number of hydrogen-bond acceptors (Lipinski definition) is 4. The number of ether oxygens (including phenoxy) is 2. The summed E-state index contributed by atoms with van der Waals surface area (Å²) in [7, 11) is 0. The second-order valence-electron chi connectivity index (χ2n) is 6.72. The molecule has 5 rings (SSSR count). The molecular formula is C22H19NO3S. The Kier molecular flexibility index (Phi) is 4.09. The van der Waals surface area contributed by atoms with E-state index >= 15 is 0 Å². The Morgan fingerprint density at radius 1 is 1.00 bits per heavy atom. The van der Waals surface area contributed by atoms with Crippen molar-refractivity contribution in [3.63, 3.8) is 0 Å². The lowest BCUT2D eigenvalue weighted by Crippen LogP contribution is -2.40. The van der Waals surface area contributed by atoms with E-state index in [1.54, 1.807) is 11.3 Å². The maximum absolute atomic E-state index is 13.4. The minimum Gasteiger partial charge on any atom is -0.486 e. The number of benzene rings is 2. The van der Waals surface area contributed by atoms with Gasteiger partial charge in [0.2, 0.25) is 0 Å². The van der Waals surface area contributed by atoms with E-state index in [1.165, 1.54) is 10.4 Å². The lowest BCUT2D eigenvalue weighted by atomic mass is 9.92. The summed E-state index contributed by atoms with van der Waals surface area (Å²) in [6.07, 6.45) is 0.895. The van der Waals surface area contributed by atoms with Crippen molar-refractivity contribution in [3.8, 4) is 11.5 Å². The summed E-state index contributed by atoms with van der Waals surface area (Å²) in [5.74, 6) is 1.38. The normalized spacial score (nSPS) is 18.1. The van der Waals surface area contributed by atoms with Crippen LogP contribution in [-0.4, -0.2) is 30.6 Å². The first-order valence-corrected chi connectivity index (χ1v) is 10.0. The summed E-state index contributed by atoms with van der Waals surface area (Å²) < 4.78 is 11.2. The Balaban J connectivity index is 1.54. The smallest absolute Gasteiger partial charge is 0.254 e. The molecule has 1 amide bonds. The van der Waals surface area contributed by atoms with Gasteiger partial charge in [-0.05, 0) is 47.2 Å². The number of thiophene rings is 1. The average Bonchev–Trinajstić information content (AvgIpc) is 3.21. The lowest BCUT2D eigenvalue weighted by molar-refractivity contribution is 0.0695. The van der Waals surface area contributed by atoms with Crippen LogP contribution in [0.5, 0.6) is 11.5 Å². The van der Waals surface area contributed by atoms with E-state index in [-0.39, 0.29) is 11.9 Å². The largest absolute Gasteiger partial charge is 0.486 e. The molecule has 27 heavy (non-hydrogen) atoms. The van der Waals surface area contributed by atoms with E-state index in [2.05, 4.69) is 23.6 Å². The van der Waals surface area contributed by atoms with Crippen LogP contribution in [0.2, 0.25) is 0 Å². The Hall–Kier alpha value is -2.79. The number of carbonyl (C=O) groups excluding carboxylic acids is 1. The van der Waals surface area contributed by atoms with Gasteiger partial charge in [0.25, 0.3) is 5.91 Å². The molecule has 0 aliphatic carbocycles. The van der Waals surface area contributed by atoms with Crippen molar-refractivity contribution in [2.24, 2.45) is 0 Å². The highest BCUT2D eigenvalue weighted by Crippen LogP contribution is 2.39. The quantitative estimate of drug-likeness (QED) is 0.668. The van der Waals surface area contributed by atoms with Gasteiger partial charge in [-0.3, -0.25) is 4.79 Å². The molecule has 0 saturated carbocycles. The van der Waals surface area contributed by atoms with Crippen molar-refractivity contribution in [1.82, 2.24) is 4.90 Å². The van der Waals surface area contributed by atoms with Crippen LogP contribution in [0.1, 0.15) is 32.4 Å². The van der Waals surface area contributed by atoms with Crippen LogP contribution in [0.15, 0.2) is 60.0 Å². The Bertz CT molecular complexity index is 982. The van der Waals surface area contributed by atoms with Crippen molar-refractivity contribution in [3.05, 3.63) is 81.5 Å². The van der Waals surface area contributed by atoms with Gasteiger partial charge in [0.1, 0.15) is 13.2 Å². The summed E-state index contributed by atoms with van der Waals surface area (Å²) in [5, 5.41) is 2.12. The first-order chi connectivity index (χ1) is 13.3. The topological polar surface area (TPSA) is 38.8 Å². The van der Waals surface area contributed by atoms with Crippen LogP contribution in [0, 0.1) is 0 Å². The van der Waals surface area contributed by atoms with E-state index < -0.39 is 0 Å². The lowest BCUT2D eigenvalue weighted by Gasteiger charge is -2.36. The molecule has 0 bridgehead atoms. The van der Waals surface area contributed by atoms with Crippen LogP contribution < -0.4 is 9.47 Å². The molecule has 0 radical (unpaired) electrons. The summed E-state index contributed by atoms with van der Waals surface area (Å²) in [5.41, 5.74) is 3.02. The molecule has 5 heteroatoms. The maximum atomic E-state index is 13.4. The molecule has 2 aliphatic rings. The van der Waals surface area contributed by atoms with Crippen molar-refractivity contribution in [2.45, 2.75) is 12.5 Å². The zero-order chi connectivity index (χ0) is 18.2. The third-order valence-corrected chi connectivity index (χ3v) is 6.13. The van der Waals surface area contributed by atoms with Crippen LogP contribution in [0.4, 0.5) is 0 Å². The van der Waals surface area contributed by atoms with E-state index in [0.717, 1.165) is 12.0 Å². The zero-order valence-corrected chi connectivity index (χ0v) is 15.6. The first kappa shape index (κ1) is 16.4. The summed E-state index contributed by atoms with van der Waals surface area (Å²) in [6.45, 7) is 1.77. The predicted molar refractivity (Wildman–Crippen MR) is 105 cm³/mol. The SMILES string of the molecule is O=C(c1ccc2c(c1)OCCO2)N1CCc2sccc2C1c1ccccc1. The molecular weight excluding hydrogens is 358 g/mol. The standard InChI is InChI=1S/C22H19NO3S/c24-22(16-6-7-18-19(14-16)26-12-11-25-18)23-10-8-20-17(9-13-27-20)21(23)15-4-2-1-3-5-15/h1-7,9,13-14,21H,8,10-12H2. The monoisotopic (exact) mass is 377 g/mol. The van der Waals surface area contributed by atoms with Gasteiger partial charge in [0.15, 0.2) is 11.5 Å². The molecule has 3 heterocycles. The zero-order valence-electron chi connectivity index (χ0n) is 14.8. The van der Waals surface area contributed by atoms with Crippen molar-refractivity contribution in [2.75, 3.05) is 19.8 Å². The number of fused-ring (bicyclic) bond motifs is 2. The van der Waals surface area contributed by atoms with Crippen LogP contribution >= 0.6 is 11.3 Å². The molecule has 1 aromatic heterocycles. The van der Waals surface area contributed by atoms with Gasteiger partial charge < -0.3 is 14.4 Å². The number of rotatable bonds is 2. The van der Waals surface area contributed by atoms with Crippen LogP contribution in [0.3, 0.4) is 0 Å². The molecule has 136 valence electrons. The fraction of sp³-hybridized carbons (Fsp3) is 0.227. The van der Waals surface area contributed by atoms with Crippen LogP contribution in [0.25, 0.3) is 0 Å². The summed E-state index contributed by atoms with van der Waals surface area (Å²) in [4.78, 5) is 16.8. The third kappa shape index (κ3) is 2.88. The second kappa shape index (κ2) is 6.74. The predicted octanol–water partition coefficient (Wildman–Crippen LogP) is 4.31. The van der Waals surface area contributed by atoms with Gasteiger partial charge in [0.05, 0.1) is 6.04 Å². The molecule has 1 unspecified atom stereocenters. The van der Waals surface area contributed by atoms with Gasteiger partial charge in [-0.2, -0.15) is 0 Å². The fourth-order valence-electron chi connectivity index (χ4n) is 3.87. The Morgan fingerprint density at radius 2 is 1.81 bits per heavy atom.